The SMILES string of the molecule is O=C(N[C@@H]1c2ccccc2C[C@@H]1O)c1cc(F)cnc1Cl. The Kier molecular flexibility index (Phi) is 3.61. The maximum atomic E-state index is 13.2. The van der Waals surface area contributed by atoms with Crippen LogP contribution in [0.5, 0.6) is 0 Å². The zero-order valence-corrected chi connectivity index (χ0v) is 11.6. The van der Waals surface area contributed by atoms with Crippen LogP contribution in [0, 0.1) is 5.82 Å². The number of nitrogens with one attached hydrogen (secondary N) is 1. The summed E-state index contributed by atoms with van der Waals surface area (Å²) in [6, 6.07) is 7.96. The molecule has 1 aromatic carbocycles. The lowest BCUT2D eigenvalue weighted by atomic mass is 10.1. The first-order valence-electron chi connectivity index (χ1n) is 6.44. The van der Waals surface area contributed by atoms with Crippen molar-refractivity contribution in [1.82, 2.24) is 10.3 Å². The fourth-order valence-electron chi connectivity index (χ4n) is 2.55. The van der Waals surface area contributed by atoms with Crippen molar-refractivity contribution in [3.63, 3.8) is 0 Å². The van der Waals surface area contributed by atoms with Gasteiger partial charge in [0.25, 0.3) is 5.91 Å². The van der Waals surface area contributed by atoms with Crippen molar-refractivity contribution in [2.45, 2.75) is 18.6 Å². The van der Waals surface area contributed by atoms with Crippen LogP contribution in [0.1, 0.15) is 27.5 Å². The molecule has 21 heavy (non-hydrogen) atoms. The quantitative estimate of drug-likeness (QED) is 0.837. The van der Waals surface area contributed by atoms with Crippen molar-refractivity contribution in [3.8, 4) is 0 Å². The number of aromatic nitrogens is 1. The van der Waals surface area contributed by atoms with Crippen molar-refractivity contribution in [1.29, 1.82) is 0 Å². The molecule has 1 amide bonds. The van der Waals surface area contributed by atoms with Crippen LogP contribution < -0.4 is 5.32 Å². The monoisotopic (exact) mass is 306 g/mol. The summed E-state index contributed by atoms with van der Waals surface area (Å²) in [6.07, 6.45) is 0.696. The summed E-state index contributed by atoms with van der Waals surface area (Å²) >= 11 is 5.81. The second-order valence-electron chi connectivity index (χ2n) is 4.91. The van der Waals surface area contributed by atoms with Gasteiger partial charge < -0.3 is 10.4 Å². The molecule has 1 aliphatic rings. The predicted octanol–water partition coefficient (Wildman–Crippen LogP) is 2.26. The fraction of sp³-hybridized carbons (Fsp3) is 0.200. The molecule has 1 aliphatic carbocycles. The highest BCUT2D eigenvalue weighted by Crippen LogP contribution is 2.31. The van der Waals surface area contributed by atoms with E-state index in [1.165, 1.54) is 0 Å². The van der Waals surface area contributed by atoms with Crippen LogP contribution >= 0.6 is 11.6 Å². The van der Waals surface area contributed by atoms with Crippen molar-refractivity contribution in [2.24, 2.45) is 0 Å². The van der Waals surface area contributed by atoms with Gasteiger partial charge in [-0.1, -0.05) is 35.9 Å². The Bertz CT molecular complexity index is 708. The van der Waals surface area contributed by atoms with E-state index in [-0.39, 0.29) is 10.7 Å². The van der Waals surface area contributed by atoms with E-state index in [1.54, 1.807) is 0 Å². The number of hydrogen-bond acceptors (Lipinski definition) is 3. The lowest BCUT2D eigenvalue weighted by Gasteiger charge is -2.18. The number of nitrogens with zero attached hydrogens (tertiary/aromatic N) is 1. The molecule has 1 aromatic heterocycles. The minimum atomic E-state index is -0.716. The summed E-state index contributed by atoms with van der Waals surface area (Å²) in [5.41, 5.74) is 1.80. The first-order valence-corrected chi connectivity index (χ1v) is 6.82. The molecule has 6 heteroatoms. The third kappa shape index (κ3) is 2.62. The summed E-state index contributed by atoms with van der Waals surface area (Å²) < 4.78 is 13.2. The van der Waals surface area contributed by atoms with Crippen molar-refractivity contribution >= 4 is 17.5 Å². The van der Waals surface area contributed by atoms with E-state index in [4.69, 9.17) is 11.6 Å². The standard InChI is InChI=1S/C15H12ClFN2O2/c16-14-11(6-9(17)7-18-14)15(21)19-13-10-4-2-1-3-8(10)5-12(13)20/h1-4,6-7,12-13,20H,5H2,(H,19,21)/t12-,13+/m0/s1. The van der Waals surface area contributed by atoms with Gasteiger partial charge >= 0.3 is 0 Å². The molecule has 2 atom stereocenters. The van der Waals surface area contributed by atoms with Crippen LogP contribution in [0.2, 0.25) is 5.15 Å². The van der Waals surface area contributed by atoms with E-state index in [2.05, 4.69) is 10.3 Å². The average Bonchev–Trinajstić information content (AvgIpc) is 2.78. The summed E-state index contributed by atoms with van der Waals surface area (Å²) in [5.74, 6) is -1.20. The second-order valence-corrected chi connectivity index (χ2v) is 5.27. The number of benzene rings is 1. The smallest absolute Gasteiger partial charge is 0.255 e. The summed E-state index contributed by atoms with van der Waals surface area (Å²) in [7, 11) is 0. The van der Waals surface area contributed by atoms with Crippen LogP contribution in [0.4, 0.5) is 4.39 Å². The predicted molar refractivity (Wildman–Crippen MR) is 75.6 cm³/mol. The summed E-state index contributed by atoms with van der Waals surface area (Å²) in [6.45, 7) is 0. The van der Waals surface area contributed by atoms with Gasteiger partial charge in [0, 0.05) is 6.42 Å². The van der Waals surface area contributed by atoms with E-state index >= 15 is 0 Å². The average molecular weight is 307 g/mol. The molecule has 0 spiro atoms. The van der Waals surface area contributed by atoms with Crippen LogP contribution in [0.15, 0.2) is 36.5 Å². The van der Waals surface area contributed by atoms with Crippen molar-refractivity contribution in [3.05, 3.63) is 64.2 Å². The maximum Gasteiger partial charge on any atom is 0.255 e. The van der Waals surface area contributed by atoms with Gasteiger partial charge in [0.05, 0.1) is 23.9 Å². The van der Waals surface area contributed by atoms with E-state index in [0.717, 1.165) is 23.4 Å². The van der Waals surface area contributed by atoms with Crippen molar-refractivity contribution in [2.75, 3.05) is 0 Å². The van der Waals surface area contributed by atoms with Crippen LogP contribution in [-0.2, 0) is 6.42 Å². The maximum absolute atomic E-state index is 13.2. The van der Waals surface area contributed by atoms with Gasteiger partial charge in [0.1, 0.15) is 11.0 Å². The first kappa shape index (κ1) is 14.0. The third-order valence-electron chi connectivity index (χ3n) is 3.54. The van der Waals surface area contributed by atoms with Crippen LogP contribution in [0.25, 0.3) is 0 Å². The zero-order valence-electron chi connectivity index (χ0n) is 10.9. The first-order chi connectivity index (χ1) is 10.1. The molecule has 0 bridgehead atoms. The molecule has 0 radical (unpaired) electrons. The topological polar surface area (TPSA) is 62.2 Å². The Labute approximate surface area is 125 Å². The van der Waals surface area contributed by atoms with E-state index in [9.17, 15) is 14.3 Å². The summed E-state index contributed by atoms with van der Waals surface area (Å²) in [4.78, 5) is 15.8. The number of rotatable bonds is 2. The largest absolute Gasteiger partial charge is 0.390 e. The number of amides is 1. The number of pyridine rings is 1. The number of aliphatic hydroxyl groups is 1. The molecule has 0 saturated carbocycles. The van der Waals surface area contributed by atoms with Gasteiger partial charge in [-0.3, -0.25) is 4.79 Å². The van der Waals surface area contributed by atoms with E-state index in [1.807, 2.05) is 24.3 Å². The van der Waals surface area contributed by atoms with Gasteiger partial charge in [-0.25, -0.2) is 9.37 Å². The van der Waals surface area contributed by atoms with Gasteiger partial charge in [0.2, 0.25) is 0 Å². The molecule has 1 heterocycles. The minimum Gasteiger partial charge on any atom is -0.390 e. The Hall–Kier alpha value is -1.98. The van der Waals surface area contributed by atoms with Crippen LogP contribution in [0.3, 0.4) is 0 Å². The molecule has 108 valence electrons. The van der Waals surface area contributed by atoms with Gasteiger partial charge in [-0.15, -0.1) is 0 Å². The van der Waals surface area contributed by atoms with Gasteiger partial charge in [-0.2, -0.15) is 0 Å². The molecule has 0 saturated heterocycles. The minimum absolute atomic E-state index is 0.0479. The highest BCUT2D eigenvalue weighted by atomic mass is 35.5. The van der Waals surface area contributed by atoms with E-state index in [0.29, 0.717) is 6.42 Å². The summed E-state index contributed by atoms with van der Waals surface area (Å²) in [5, 5.41) is 12.7. The highest BCUT2D eigenvalue weighted by molar-refractivity contribution is 6.32. The number of aliphatic hydroxyl groups excluding tert-OH is 1. The van der Waals surface area contributed by atoms with Crippen molar-refractivity contribution < 1.29 is 14.3 Å². The lowest BCUT2D eigenvalue weighted by Crippen LogP contribution is -2.34. The van der Waals surface area contributed by atoms with E-state index < -0.39 is 23.9 Å². The van der Waals surface area contributed by atoms with Gasteiger partial charge in [0.15, 0.2) is 0 Å². The molecular weight excluding hydrogens is 295 g/mol. The number of carbonyl (C=O) groups is 1. The Balaban J connectivity index is 1.87. The normalized spacial score (nSPS) is 20.1. The number of halogens is 2. The number of carbonyl (C=O) groups excluding carboxylic acids is 1. The van der Waals surface area contributed by atoms with Crippen LogP contribution in [-0.4, -0.2) is 22.1 Å². The molecule has 2 aromatic rings. The molecule has 0 aliphatic heterocycles. The Morgan fingerprint density at radius 2 is 2.19 bits per heavy atom. The molecule has 3 rings (SSSR count). The molecule has 0 unspecified atom stereocenters. The number of hydrogen-bond donors (Lipinski definition) is 2. The Morgan fingerprint density at radius 3 is 3.00 bits per heavy atom. The zero-order chi connectivity index (χ0) is 15.0. The lowest BCUT2D eigenvalue weighted by molar-refractivity contribution is 0.0857. The Morgan fingerprint density at radius 1 is 1.43 bits per heavy atom. The molecule has 2 N–H and O–H groups in total. The molecule has 4 nitrogen and oxygen atoms in total. The molecule has 0 fully saturated rings. The second kappa shape index (κ2) is 5.42. The molecular formula is C15H12ClFN2O2. The number of fused-ring (bicyclic) bond motifs is 1. The van der Waals surface area contributed by atoms with Gasteiger partial charge in [-0.05, 0) is 17.2 Å². The highest BCUT2D eigenvalue weighted by Gasteiger charge is 2.32. The third-order valence-corrected chi connectivity index (χ3v) is 3.84. The fourth-order valence-corrected chi connectivity index (χ4v) is 2.74.